The van der Waals surface area contributed by atoms with E-state index >= 15 is 0 Å². The molecule has 16 heavy (non-hydrogen) atoms. The maximum atomic E-state index is 13.1. The third-order valence-corrected chi connectivity index (χ3v) is 3.28. The number of aliphatic imine (C=N–C) groups is 1. The molecule has 3 nitrogen and oxygen atoms in total. The lowest BCUT2D eigenvalue weighted by Gasteiger charge is -2.15. The van der Waals surface area contributed by atoms with Crippen molar-refractivity contribution in [2.45, 2.75) is 6.42 Å². The zero-order valence-electron chi connectivity index (χ0n) is 8.44. The van der Waals surface area contributed by atoms with Gasteiger partial charge in [0.25, 0.3) is 0 Å². The molecule has 1 aromatic rings. The maximum absolute atomic E-state index is 13.1. The zero-order valence-corrected chi connectivity index (χ0v) is 9.26. The quantitative estimate of drug-likeness (QED) is 0.858. The fraction of sp³-hybridized carbons (Fsp3) is 0.273. The minimum absolute atomic E-state index is 0.0468. The van der Waals surface area contributed by atoms with Gasteiger partial charge in [0.1, 0.15) is 5.82 Å². The molecule has 0 aliphatic carbocycles. The summed E-state index contributed by atoms with van der Waals surface area (Å²) in [6.45, 7) is 0.639. The van der Waals surface area contributed by atoms with E-state index in [1.54, 1.807) is 6.07 Å². The van der Waals surface area contributed by atoms with Crippen LogP contribution in [0, 0.1) is 5.82 Å². The fourth-order valence-electron chi connectivity index (χ4n) is 1.58. The van der Waals surface area contributed by atoms with Gasteiger partial charge in [0.05, 0.1) is 10.8 Å². The summed E-state index contributed by atoms with van der Waals surface area (Å²) in [5.41, 5.74) is 1.77. The van der Waals surface area contributed by atoms with E-state index in [0.717, 1.165) is 29.3 Å². The smallest absolute Gasteiger partial charge is 0.313 e. The molecule has 0 saturated heterocycles. The van der Waals surface area contributed by atoms with Crippen molar-refractivity contribution in [3.8, 4) is 0 Å². The first-order chi connectivity index (χ1) is 7.66. The van der Waals surface area contributed by atoms with Gasteiger partial charge in [0, 0.05) is 12.1 Å². The Hall–Kier alpha value is -1.36. The van der Waals surface area contributed by atoms with Crippen LogP contribution in [0.25, 0.3) is 0 Å². The van der Waals surface area contributed by atoms with Crippen LogP contribution < -0.4 is 0 Å². The minimum atomic E-state index is -0.892. The largest absolute Gasteiger partial charge is 0.481 e. The number of thioether (sulfide) groups is 1. The SMILES string of the molecule is O=C(O)CSC1=NCCc2ccc(F)cc21. The minimum Gasteiger partial charge on any atom is -0.481 e. The second-order valence-electron chi connectivity index (χ2n) is 3.42. The number of benzene rings is 1. The van der Waals surface area contributed by atoms with Crippen LogP contribution in [0.2, 0.25) is 0 Å². The second-order valence-corrected chi connectivity index (χ2v) is 4.38. The van der Waals surface area contributed by atoms with Gasteiger partial charge >= 0.3 is 5.97 Å². The van der Waals surface area contributed by atoms with E-state index in [-0.39, 0.29) is 11.6 Å². The first-order valence-electron chi connectivity index (χ1n) is 4.84. The maximum Gasteiger partial charge on any atom is 0.313 e. The van der Waals surface area contributed by atoms with Crippen LogP contribution in [0.1, 0.15) is 11.1 Å². The van der Waals surface area contributed by atoms with Crippen LogP contribution in [0.3, 0.4) is 0 Å². The summed E-state index contributed by atoms with van der Waals surface area (Å²) >= 11 is 1.14. The van der Waals surface area contributed by atoms with Gasteiger partial charge < -0.3 is 5.11 Å². The topological polar surface area (TPSA) is 49.7 Å². The van der Waals surface area contributed by atoms with Crippen molar-refractivity contribution in [1.82, 2.24) is 0 Å². The zero-order chi connectivity index (χ0) is 11.5. The van der Waals surface area contributed by atoms with Gasteiger partial charge in [-0.05, 0) is 24.1 Å². The van der Waals surface area contributed by atoms with Crippen LogP contribution >= 0.6 is 11.8 Å². The number of carboxylic acids is 1. The predicted molar refractivity (Wildman–Crippen MR) is 61.6 cm³/mol. The summed E-state index contributed by atoms with van der Waals surface area (Å²) in [6.07, 6.45) is 0.784. The molecule has 0 atom stereocenters. The van der Waals surface area contributed by atoms with Crippen LogP contribution in [0.15, 0.2) is 23.2 Å². The average Bonchev–Trinajstić information content (AvgIpc) is 2.26. The van der Waals surface area contributed by atoms with Gasteiger partial charge in [-0.1, -0.05) is 17.8 Å². The number of rotatable bonds is 2. The Morgan fingerprint density at radius 2 is 2.38 bits per heavy atom. The van der Waals surface area contributed by atoms with Gasteiger partial charge in [-0.3, -0.25) is 9.79 Å². The van der Waals surface area contributed by atoms with Gasteiger partial charge in [-0.2, -0.15) is 0 Å². The highest BCUT2D eigenvalue weighted by Gasteiger charge is 2.16. The molecule has 1 aliphatic heterocycles. The average molecular weight is 239 g/mol. The third kappa shape index (κ3) is 2.41. The Morgan fingerprint density at radius 3 is 3.12 bits per heavy atom. The van der Waals surface area contributed by atoms with Gasteiger partial charge in [0.15, 0.2) is 0 Å². The Bertz CT molecular complexity index is 459. The van der Waals surface area contributed by atoms with Crippen LogP contribution in [-0.4, -0.2) is 28.4 Å². The Kier molecular flexibility index (Phi) is 3.24. The lowest BCUT2D eigenvalue weighted by atomic mass is 10.0. The molecule has 0 aromatic heterocycles. The summed E-state index contributed by atoms with van der Waals surface area (Å²) in [4.78, 5) is 14.7. The lowest BCUT2D eigenvalue weighted by Crippen LogP contribution is -2.12. The summed E-state index contributed by atoms with van der Waals surface area (Å²) < 4.78 is 13.1. The molecule has 0 bridgehead atoms. The van der Waals surface area contributed by atoms with Crippen LogP contribution in [0.5, 0.6) is 0 Å². The fourth-order valence-corrected chi connectivity index (χ4v) is 2.37. The van der Waals surface area contributed by atoms with E-state index in [1.807, 2.05) is 0 Å². The van der Waals surface area contributed by atoms with E-state index in [4.69, 9.17) is 5.11 Å². The number of hydrogen-bond acceptors (Lipinski definition) is 3. The van der Waals surface area contributed by atoms with Gasteiger partial charge in [-0.25, -0.2) is 4.39 Å². The number of fused-ring (bicyclic) bond motifs is 1. The highest BCUT2D eigenvalue weighted by atomic mass is 32.2. The normalized spacial score (nSPS) is 14.2. The number of nitrogens with zero attached hydrogens (tertiary/aromatic N) is 1. The highest BCUT2D eigenvalue weighted by Crippen LogP contribution is 2.23. The number of carboxylic acid groups (broad SMARTS) is 1. The molecule has 1 aliphatic rings. The molecule has 0 radical (unpaired) electrons. The van der Waals surface area contributed by atoms with E-state index < -0.39 is 5.97 Å². The van der Waals surface area contributed by atoms with Crippen molar-refractivity contribution in [2.24, 2.45) is 4.99 Å². The summed E-state index contributed by atoms with van der Waals surface area (Å²) in [5.74, 6) is -1.25. The molecule has 1 aromatic carbocycles. The Morgan fingerprint density at radius 1 is 1.56 bits per heavy atom. The monoisotopic (exact) mass is 239 g/mol. The molecular formula is C11H10FNO2S. The number of carbonyl (C=O) groups is 1. The number of aliphatic carboxylic acids is 1. The van der Waals surface area contributed by atoms with Crippen molar-refractivity contribution in [3.05, 3.63) is 35.1 Å². The Balaban J connectivity index is 2.25. The molecule has 0 fully saturated rings. The molecule has 0 spiro atoms. The highest BCUT2D eigenvalue weighted by molar-refractivity contribution is 8.14. The first-order valence-corrected chi connectivity index (χ1v) is 5.83. The van der Waals surface area contributed by atoms with E-state index in [2.05, 4.69) is 4.99 Å². The molecule has 2 rings (SSSR count). The van der Waals surface area contributed by atoms with Crippen LogP contribution in [-0.2, 0) is 11.2 Å². The van der Waals surface area contributed by atoms with Gasteiger partial charge in [0.2, 0.25) is 0 Å². The molecule has 0 unspecified atom stereocenters. The summed E-state index contributed by atoms with van der Waals surface area (Å²) in [6, 6.07) is 4.58. The van der Waals surface area contributed by atoms with Crippen molar-refractivity contribution in [2.75, 3.05) is 12.3 Å². The molecular weight excluding hydrogens is 229 g/mol. The molecule has 1 heterocycles. The Labute approximate surface area is 96.4 Å². The van der Waals surface area contributed by atoms with E-state index in [9.17, 15) is 9.18 Å². The van der Waals surface area contributed by atoms with Crippen molar-refractivity contribution in [3.63, 3.8) is 0 Å². The molecule has 1 N–H and O–H groups in total. The van der Waals surface area contributed by atoms with E-state index in [1.165, 1.54) is 12.1 Å². The summed E-state index contributed by atoms with van der Waals surface area (Å²) in [5, 5.41) is 9.22. The van der Waals surface area contributed by atoms with Crippen molar-refractivity contribution < 1.29 is 14.3 Å². The summed E-state index contributed by atoms with van der Waals surface area (Å²) in [7, 11) is 0. The van der Waals surface area contributed by atoms with Crippen molar-refractivity contribution in [1.29, 1.82) is 0 Å². The first kappa shape index (κ1) is 11.1. The number of halogens is 1. The lowest BCUT2D eigenvalue weighted by molar-refractivity contribution is -0.133. The molecule has 84 valence electrons. The van der Waals surface area contributed by atoms with Crippen molar-refractivity contribution >= 4 is 22.8 Å². The standard InChI is InChI=1S/C11H10FNO2S/c12-8-2-1-7-3-4-13-11(9(7)5-8)16-6-10(14)15/h1-2,5H,3-4,6H2,(H,14,15). The second kappa shape index (κ2) is 4.65. The molecule has 0 saturated carbocycles. The van der Waals surface area contributed by atoms with Gasteiger partial charge in [-0.15, -0.1) is 0 Å². The van der Waals surface area contributed by atoms with Crippen LogP contribution in [0.4, 0.5) is 4.39 Å². The third-order valence-electron chi connectivity index (χ3n) is 2.27. The molecule has 0 amide bonds. The van der Waals surface area contributed by atoms with E-state index in [0.29, 0.717) is 11.6 Å². The number of hydrogen-bond donors (Lipinski definition) is 1. The molecule has 5 heteroatoms. The predicted octanol–water partition coefficient (Wildman–Crippen LogP) is 1.95.